The maximum absolute atomic E-state index is 6.17. The third-order valence-corrected chi connectivity index (χ3v) is 4.88. The van der Waals surface area contributed by atoms with Gasteiger partial charge in [0.05, 0.1) is 17.3 Å². The second kappa shape index (κ2) is 6.46. The van der Waals surface area contributed by atoms with Gasteiger partial charge in [-0.2, -0.15) is 5.10 Å². The molecule has 1 aromatic heterocycles. The highest BCUT2D eigenvalue weighted by molar-refractivity contribution is 5.09. The van der Waals surface area contributed by atoms with Crippen molar-refractivity contribution >= 4 is 0 Å². The molecule has 2 atom stereocenters. The Morgan fingerprint density at radius 1 is 1.43 bits per heavy atom. The van der Waals surface area contributed by atoms with Crippen molar-refractivity contribution in [1.29, 1.82) is 0 Å². The number of nitrogens with zero attached hydrogens (tertiary/aromatic N) is 2. The first-order valence-electron chi connectivity index (χ1n) is 8.17. The first-order valence-corrected chi connectivity index (χ1v) is 8.17. The average molecular weight is 293 g/mol. The Labute approximate surface area is 127 Å². The standard InChI is InChI=1S/C16H27N3O2/c1-3-17-15(14-4-8-19(2)18-14)13-5-9-21-16(12-13)6-10-20-11-7-16/h4,8,13,15,17H,3,5-7,9-12H2,1-2H3. The molecule has 1 aromatic rings. The maximum atomic E-state index is 6.17. The van der Waals surface area contributed by atoms with Gasteiger partial charge in [0.2, 0.25) is 0 Å². The second-order valence-corrected chi connectivity index (χ2v) is 6.35. The summed E-state index contributed by atoms with van der Waals surface area (Å²) in [6.45, 7) is 5.66. The van der Waals surface area contributed by atoms with Crippen molar-refractivity contribution in [3.8, 4) is 0 Å². The molecule has 0 amide bonds. The van der Waals surface area contributed by atoms with Gasteiger partial charge >= 0.3 is 0 Å². The lowest BCUT2D eigenvalue weighted by Gasteiger charge is -2.45. The topological polar surface area (TPSA) is 48.3 Å². The van der Waals surface area contributed by atoms with Crippen LogP contribution in [0.3, 0.4) is 0 Å². The molecule has 2 saturated heterocycles. The molecule has 0 aromatic carbocycles. The van der Waals surface area contributed by atoms with Crippen molar-refractivity contribution in [2.75, 3.05) is 26.4 Å². The molecule has 2 fully saturated rings. The SMILES string of the molecule is CCNC(c1ccn(C)n1)C1CCOC2(CCOCC2)C1. The van der Waals surface area contributed by atoms with Crippen molar-refractivity contribution in [3.05, 3.63) is 18.0 Å². The molecule has 21 heavy (non-hydrogen) atoms. The molecule has 3 rings (SSSR count). The van der Waals surface area contributed by atoms with Crippen LogP contribution in [-0.4, -0.2) is 41.7 Å². The van der Waals surface area contributed by atoms with E-state index in [0.29, 0.717) is 12.0 Å². The van der Waals surface area contributed by atoms with E-state index in [0.717, 1.165) is 57.7 Å². The van der Waals surface area contributed by atoms with Crippen LogP contribution < -0.4 is 5.32 Å². The van der Waals surface area contributed by atoms with E-state index in [1.54, 1.807) is 0 Å². The molecule has 0 bridgehead atoms. The van der Waals surface area contributed by atoms with Crippen LogP contribution >= 0.6 is 0 Å². The Hall–Kier alpha value is -0.910. The molecule has 0 aliphatic carbocycles. The van der Waals surface area contributed by atoms with Gasteiger partial charge in [0.1, 0.15) is 0 Å². The number of hydrogen-bond acceptors (Lipinski definition) is 4. The largest absolute Gasteiger partial charge is 0.381 e. The molecule has 2 unspecified atom stereocenters. The Morgan fingerprint density at radius 3 is 2.90 bits per heavy atom. The Bertz CT molecular complexity index is 449. The molecule has 1 spiro atoms. The molecule has 0 radical (unpaired) electrons. The number of aryl methyl sites for hydroxylation is 1. The monoisotopic (exact) mass is 293 g/mol. The van der Waals surface area contributed by atoms with Crippen LogP contribution in [0.25, 0.3) is 0 Å². The smallest absolute Gasteiger partial charge is 0.0796 e. The normalized spacial score (nSPS) is 26.9. The molecule has 1 N–H and O–H groups in total. The number of ether oxygens (including phenoxy) is 2. The fourth-order valence-electron chi connectivity index (χ4n) is 3.77. The number of aromatic nitrogens is 2. The minimum atomic E-state index is 0.0453. The summed E-state index contributed by atoms with van der Waals surface area (Å²) in [5.74, 6) is 0.590. The van der Waals surface area contributed by atoms with E-state index in [1.807, 2.05) is 17.9 Å². The fraction of sp³-hybridized carbons (Fsp3) is 0.812. The van der Waals surface area contributed by atoms with Gasteiger partial charge in [-0.3, -0.25) is 4.68 Å². The van der Waals surface area contributed by atoms with Gasteiger partial charge in [0, 0.05) is 33.1 Å². The van der Waals surface area contributed by atoms with E-state index in [1.165, 1.54) is 0 Å². The highest BCUT2D eigenvalue weighted by atomic mass is 16.5. The first-order chi connectivity index (χ1) is 10.2. The molecule has 2 aliphatic rings. The summed E-state index contributed by atoms with van der Waals surface area (Å²) in [6, 6.07) is 2.47. The van der Waals surface area contributed by atoms with Crippen LogP contribution in [0.4, 0.5) is 0 Å². The van der Waals surface area contributed by atoms with Crippen molar-refractivity contribution < 1.29 is 9.47 Å². The molecule has 0 saturated carbocycles. The second-order valence-electron chi connectivity index (χ2n) is 6.35. The van der Waals surface area contributed by atoms with Crippen molar-refractivity contribution in [3.63, 3.8) is 0 Å². The van der Waals surface area contributed by atoms with Crippen LogP contribution in [0.5, 0.6) is 0 Å². The fourth-order valence-corrected chi connectivity index (χ4v) is 3.77. The van der Waals surface area contributed by atoms with E-state index in [9.17, 15) is 0 Å². The van der Waals surface area contributed by atoms with Gasteiger partial charge in [-0.05, 0) is 44.2 Å². The summed E-state index contributed by atoms with van der Waals surface area (Å²) < 4.78 is 13.6. The van der Waals surface area contributed by atoms with Crippen LogP contribution in [0.2, 0.25) is 0 Å². The molecule has 118 valence electrons. The van der Waals surface area contributed by atoms with E-state index in [2.05, 4.69) is 23.4 Å². The van der Waals surface area contributed by atoms with Crippen LogP contribution in [0.1, 0.15) is 44.3 Å². The Kier molecular flexibility index (Phi) is 4.62. The van der Waals surface area contributed by atoms with Gasteiger partial charge in [-0.25, -0.2) is 0 Å². The minimum absolute atomic E-state index is 0.0453. The van der Waals surface area contributed by atoms with E-state index in [4.69, 9.17) is 9.47 Å². The zero-order valence-corrected chi connectivity index (χ0v) is 13.2. The lowest BCUT2D eigenvalue weighted by molar-refractivity contribution is -0.150. The molecule has 5 nitrogen and oxygen atoms in total. The lowest BCUT2D eigenvalue weighted by atomic mass is 9.77. The van der Waals surface area contributed by atoms with E-state index in [-0.39, 0.29) is 5.60 Å². The van der Waals surface area contributed by atoms with Gasteiger partial charge in [0.25, 0.3) is 0 Å². The Balaban J connectivity index is 1.75. The quantitative estimate of drug-likeness (QED) is 0.923. The summed E-state index contributed by atoms with van der Waals surface area (Å²) in [5, 5.41) is 8.27. The number of nitrogens with one attached hydrogen (secondary N) is 1. The third kappa shape index (κ3) is 3.30. The first kappa shape index (κ1) is 15.0. The van der Waals surface area contributed by atoms with Crippen molar-refractivity contribution in [1.82, 2.24) is 15.1 Å². The van der Waals surface area contributed by atoms with Crippen molar-refractivity contribution in [2.24, 2.45) is 13.0 Å². The molecule has 2 aliphatic heterocycles. The predicted molar refractivity (Wildman–Crippen MR) is 81.1 cm³/mol. The van der Waals surface area contributed by atoms with Crippen molar-refractivity contribution in [2.45, 2.75) is 44.2 Å². The van der Waals surface area contributed by atoms with E-state index < -0.39 is 0 Å². The zero-order chi connectivity index (χ0) is 14.7. The highest BCUT2D eigenvalue weighted by Gasteiger charge is 2.41. The number of hydrogen-bond donors (Lipinski definition) is 1. The van der Waals surface area contributed by atoms with Gasteiger partial charge < -0.3 is 14.8 Å². The summed E-state index contributed by atoms with van der Waals surface area (Å²) in [4.78, 5) is 0. The highest BCUT2D eigenvalue weighted by Crippen LogP contribution is 2.41. The molecular formula is C16H27N3O2. The molecular weight excluding hydrogens is 266 g/mol. The molecule has 3 heterocycles. The maximum Gasteiger partial charge on any atom is 0.0796 e. The van der Waals surface area contributed by atoms with Crippen LogP contribution in [0.15, 0.2) is 12.3 Å². The zero-order valence-electron chi connectivity index (χ0n) is 13.2. The predicted octanol–water partition coefficient (Wildman–Crippen LogP) is 2.05. The molecule has 5 heteroatoms. The van der Waals surface area contributed by atoms with E-state index >= 15 is 0 Å². The minimum Gasteiger partial charge on any atom is -0.381 e. The van der Waals surface area contributed by atoms with Gasteiger partial charge in [0.15, 0.2) is 0 Å². The van der Waals surface area contributed by atoms with Gasteiger partial charge in [-0.1, -0.05) is 6.92 Å². The van der Waals surface area contributed by atoms with Crippen LogP contribution in [0, 0.1) is 5.92 Å². The third-order valence-electron chi connectivity index (χ3n) is 4.88. The van der Waals surface area contributed by atoms with Gasteiger partial charge in [-0.15, -0.1) is 0 Å². The summed E-state index contributed by atoms with van der Waals surface area (Å²) in [7, 11) is 1.98. The van der Waals surface area contributed by atoms with Crippen LogP contribution in [-0.2, 0) is 16.5 Å². The lowest BCUT2D eigenvalue weighted by Crippen LogP contribution is -2.47. The summed E-state index contributed by atoms with van der Waals surface area (Å²) >= 11 is 0. The average Bonchev–Trinajstić information content (AvgIpc) is 2.92. The summed E-state index contributed by atoms with van der Waals surface area (Å²) in [5.41, 5.74) is 1.21. The number of rotatable bonds is 4. The summed E-state index contributed by atoms with van der Waals surface area (Å²) in [6.07, 6.45) is 6.32. The Morgan fingerprint density at radius 2 is 2.24 bits per heavy atom.